The molecule has 1 saturated heterocycles. The molecule has 0 aromatic heterocycles. The van der Waals surface area contributed by atoms with Crippen molar-refractivity contribution in [3.8, 4) is 5.75 Å². The number of nitrogens with zero attached hydrogens (tertiary/aromatic N) is 1. The standard InChI is InChI=1S/C17H28N2O/c1-5-18-16(12-19-10-13(2)14(3)11-19)15-8-6-7-9-17(15)20-4/h6-9,13-14,16,18H,5,10-12H2,1-4H3. The Kier molecular flexibility index (Phi) is 5.44. The summed E-state index contributed by atoms with van der Waals surface area (Å²) >= 11 is 0. The lowest BCUT2D eigenvalue weighted by atomic mass is 10.0. The highest BCUT2D eigenvalue weighted by atomic mass is 16.5. The van der Waals surface area contributed by atoms with E-state index in [0.717, 1.165) is 30.7 Å². The fraction of sp³-hybridized carbons (Fsp3) is 0.647. The molecule has 1 aliphatic rings. The fourth-order valence-electron chi connectivity index (χ4n) is 3.13. The summed E-state index contributed by atoms with van der Waals surface area (Å²) in [5, 5.41) is 3.61. The summed E-state index contributed by atoms with van der Waals surface area (Å²) < 4.78 is 5.52. The van der Waals surface area contributed by atoms with Crippen LogP contribution in [0.4, 0.5) is 0 Å². The molecular formula is C17H28N2O. The van der Waals surface area contributed by atoms with Crippen LogP contribution in [0, 0.1) is 11.8 Å². The number of hydrogen-bond acceptors (Lipinski definition) is 3. The molecule has 1 aromatic carbocycles. The number of methoxy groups -OCH3 is 1. The van der Waals surface area contributed by atoms with Gasteiger partial charge in [-0.05, 0) is 24.4 Å². The van der Waals surface area contributed by atoms with Crippen molar-refractivity contribution in [2.24, 2.45) is 11.8 Å². The molecule has 0 saturated carbocycles. The van der Waals surface area contributed by atoms with Crippen molar-refractivity contribution < 1.29 is 4.74 Å². The second-order valence-electron chi connectivity index (χ2n) is 6.03. The van der Waals surface area contributed by atoms with Gasteiger partial charge in [0.2, 0.25) is 0 Å². The summed E-state index contributed by atoms with van der Waals surface area (Å²) in [7, 11) is 1.75. The van der Waals surface area contributed by atoms with Crippen molar-refractivity contribution in [2.75, 3.05) is 33.3 Å². The third-order valence-corrected chi connectivity index (χ3v) is 4.47. The summed E-state index contributed by atoms with van der Waals surface area (Å²) in [4.78, 5) is 2.58. The molecule has 1 aliphatic heterocycles. The van der Waals surface area contributed by atoms with E-state index < -0.39 is 0 Å². The zero-order chi connectivity index (χ0) is 14.5. The van der Waals surface area contributed by atoms with Gasteiger partial charge >= 0.3 is 0 Å². The molecule has 1 N–H and O–H groups in total. The van der Waals surface area contributed by atoms with Gasteiger partial charge in [-0.25, -0.2) is 0 Å². The van der Waals surface area contributed by atoms with E-state index in [9.17, 15) is 0 Å². The first-order chi connectivity index (χ1) is 9.65. The van der Waals surface area contributed by atoms with Crippen molar-refractivity contribution in [3.05, 3.63) is 29.8 Å². The van der Waals surface area contributed by atoms with Gasteiger partial charge < -0.3 is 15.0 Å². The Hall–Kier alpha value is -1.06. The number of likely N-dealkylation sites (N-methyl/N-ethyl adjacent to an activating group) is 1. The van der Waals surface area contributed by atoms with Crippen LogP contribution in [0.1, 0.15) is 32.4 Å². The number of nitrogens with one attached hydrogen (secondary N) is 1. The molecule has 1 fully saturated rings. The van der Waals surface area contributed by atoms with Gasteiger partial charge in [-0.1, -0.05) is 39.0 Å². The van der Waals surface area contributed by atoms with Crippen LogP contribution in [-0.4, -0.2) is 38.2 Å². The lowest BCUT2D eigenvalue weighted by Gasteiger charge is -2.26. The number of benzene rings is 1. The molecule has 0 bridgehead atoms. The first-order valence-corrected chi connectivity index (χ1v) is 7.74. The van der Waals surface area contributed by atoms with Crippen molar-refractivity contribution in [2.45, 2.75) is 26.8 Å². The van der Waals surface area contributed by atoms with E-state index >= 15 is 0 Å². The first kappa shape index (κ1) is 15.3. The Balaban J connectivity index is 2.11. The van der Waals surface area contributed by atoms with Crippen LogP contribution in [0.25, 0.3) is 0 Å². The van der Waals surface area contributed by atoms with Gasteiger partial charge in [0.25, 0.3) is 0 Å². The number of hydrogen-bond donors (Lipinski definition) is 1. The molecular weight excluding hydrogens is 248 g/mol. The summed E-state index contributed by atoms with van der Waals surface area (Å²) in [6.45, 7) is 11.3. The highest BCUT2D eigenvalue weighted by Crippen LogP contribution is 2.28. The predicted octanol–water partition coefficient (Wildman–Crippen LogP) is 2.93. The van der Waals surface area contributed by atoms with Crippen LogP contribution in [0.5, 0.6) is 5.75 Å². The minimum Gasteiger partial charge on any atom is -0.496 e. The minimum atomic E-state index is 0.341. The van der Waals surface area contributed by atoms with Crippen LogP contribution in [-0.2, 0) is 0 Å². The second-order valence-corrected chi connectivity index (χ2v) is 6.03. The zero-order valence-corrected chi connectivity index (χ0v) is 13.2. The minimum absolute atomic E-state index is 0.341. The van der Waals surface area contributed by atoms with E-state index in [-0.39, 0.29) is 0 Å². The lowest BCUT2D eigenvalue weighted by molar-refractivity contribution is 0.279. The number of likely N-dealkylation sites (tertiary alicyclic amines) is 1. The van der Waals surface area contributed by atoms with Crippen molar-refractivity contribution in [1.29, 1.82) is 0 Å². The molecule has 1 aromatic rings. The van der Waals surface area contributed by atoms with Gasteiger partial charge in [0.05, 0.1) is 7.11 Å². The summed E-state index contributed by atoms with van der Waals surface area (Å²) in [6.07, 6.45) is 0. The number of para-hydroxylation sites is 1. The second kappa shape index (κ2) is 7.09. The molecule has 3 atom stereocenters. The van der Waals surface area contributed by atoms with E-state index in [2.05, 4.69) is 49.2 Å². The van der Waals surface area contributed by atoms with Crippen LogP contribution in [0.3, 0.4) is 0 Å². The maximum Gasteiger partial charge on any atom is 0.123 e. The average Bonchev–Trinajstić information content (AvgIpc) is 2.77. The highest BCUT2D eigenvalue weighted by Gasteiger charge is 2.28. The molecule has 2 rings (SSSR count). The van der Waals surface area contributed by atoms with Gasteiger partial charge in [0.15, 0.2) is 0 Å². The van der Waals surface area contributed by atoms with E-state index in [1.807, 2.05) is 6.07 Å². The Morgan fingerprint density at radius 3 is 2.50 bits per heavy atom. The maximum absolute atomic E-state index is 5.52. The monoisotopic (exact) mass is 276 g/mol. The van der Waals surface area contributed by atoms with Crippen LogP contribution >= 0.6 is 0 Å². The summed E-state index contributed by atoms with van der Waals surface area (Å²) in [5.74, 6) is 2.59. The molecule has 20 heavy (non-hydrogen) atoms. The maximum atomic E-state index is 5.52. The smallest absolute Gasteiger partial charge is 0.123 e. The van der Waals surface area contributed by atoms with Gasteiger partial charge in [-0.3, -0.25) is 0 Å². The van der Waals surface area contributed by atoms with Crippen LogP contribution in [0.15, 0.2) is 24.3 Å². The molecule has 3 nitrogen and oxygen atoms in total. The summed E-state index contributed by atoms with van der Waals surface area (Å²) in [6, 6.07) is 8.70. The number of ether oxygens (including phenoxy) is 1. The van der Waals surface area contributed by atoms with E-state index in [1.165, 1.54) is 18.7 Å². The average molecular weight is 276 g/mol. The Morgan fingerprint density at radius 1 is 1.25 bits per heavy atom. The lowest BCUT2D eigenvalue weighted by Crippen LogP contribution is -2.34. The quantitative estimate of drug-likeness (QED) is 0.864. The molecule has 0 amide bonds. The van der Waals surface area contributed by atoms with Crippen molar-refractivity contribution >= 4 is 0 Å². The highest BCUT2D eigenvalue weighted by molar-refractivity contribution is 5.36. The predicted molar refractivity (Wildman–Crippen MR) is 84.2 cm³/mol. The topological polar surface area (TPSA) is 24.5 Å². The Morgan fingerprint density at radius 2 is 1.90 bits per heavy atom. The van der Waals surface area contributed by atoms with Crippen LogP contribution < -0.4 is 10.1 Å². The Bertz CT molecular complexity index is 411. The van der Waals surface area contributed by atoms with E-state index in [1.54, 1.807) is 7.11 Å². The normalized spacial score (nSPS) is 24.8. The molecule has 0 aliphatic carbocycles. The molecule has 0 spiro atoms. The third-order valence-electron chi connectivity index (χ3n) is 4.47. The van der Waals surface area contributed by atoms with Gasteiger partial charge in [-0.15, -0.1) is 0 Å². The van der Waals surface area contributed by atoms with Gasteiger partial charge in [-0.2, -0.15) is 0 Å². The molecule has 3 unspecified atom stereocenters. The molecule has 0 radical (unpaired) electrons. The van der Waals surface area contributed by atoms with Crippen LogP contribution in [0.2, 0.25) is 0 Å². The fourth-order valence-corrected chi connectivity index (χ4v) is 3.13. The number of rotatable bonds is 6. The third kappa shape index (κ3) is 3.53. The first-order valence-electron chi connectivity index (χ1n) is 7.74. The molecule has 3 heteroatoms. The van der Waals surface area contributed by atoms with E-state index in [4.69, 9.17) is 4.74 Å². The molecule has 112 valence electrons. The summed E-state index contributed by atoms with van der Waals surface area (Å²) in [5.41, 5.74) is 1.27. The van der Waals surface area contributed by atoms with Crippen molar-refractivity contribution in [3.63, 3.8) is 0 Å². The van der Waals surface area contributed by atoms with E-state index in [0.29, 0.717) is 6.04 Å². The zero-order valence-electron chi connectivity index (χ0n) is 13.2. The molecule has 1 heterocycles. The van der Waals surface area contributed by atoms with Gasteiger partial charge in [0.1, 0.15) is 5.75 Å². The van der Waals surface area contributed by atoms with Crippen molar-refractivity contribution in [1.82, 2.24) is 10.2 Å². The Labute approximate surface area is 123 Å². The largest absolute Gasteiger partial charge is 0.496 e. The SMILES string of the molecule is CCNC(CN1CC(C)C(C)C1)c1ccccc1OC. The van der Waals surface area contributed by atoms with Gasteiger partial charge in [0, 0.05) is 31.2 Å².